The van der Waals surface area contributed by atoms with Crippen LogP contribution >= 0.6 is 0 Å². The van der Waals surface area contributed by atoms with Crippen molar-refractivity contribution in [1.29, 1.82) is 0 Å². The molecule has 0 aliphatic carbocycles. The van der Waals surface area contributed by atoms with Crippen molar-refractivity contribution in [3.63, 3.8) is 0 Å². The molecule has 0 aromatic heterocycles. The smallest absolute Gasteiger partial charge is 0.0606 e. The molecule has 0 saturated carbocycles. The van der Waals surface area contributed by atoms with Crippen LogP contribution in [-0.2, 0) is 0 Å². The molecule has 0 aromatic rings. The lowest BCUT2D eigenvalue weighted by Crippen LogP contribution is -1.91. The molecular formula is C9H21B. The van der Waals surface area contributed by atoms with E-state index in [-0.39, 0.29) is 0 Å². The second kappa shape index (κ2) is 9.06. The Balaban J connectivity index is 0. The monoisotopic (exact) mass is 140 g/mol. The molecule has 0 bridgehead atoms. The van der Waals surface area contributed by atoms with Crippen molar-refractivity contribution in [3.8, 4) is 0 Å². The van der Waals surface area contributed by atoms with Crippen molar-refractivity contribution in [1.82, 2.24) is 0 Å². The van der Waals surface area contributed by atoms with Crippen molar-refractivity contribution in [3.05, 3.63) is 0 Å². The van der Waals surface area contributed by atoms with Gasteiger partial charge in [-0.3, -0.25) is 0 Å². The minimum absolute atomic E-state index is 0.886. The quantitative estimate of drug-likeness (QED) is 0.527. The maximum absolute atomic E-state index is 4.50. The maximum Gasteiger partial charge on any atom is 0.0606 e. The summed E-state index contributed by atoms with van der Waals surface area (Å²) < 4.78 is 0. The van der Waals surface area contributed by atoms with Crippen LogP contribution in [0.25, 0.3) is 0 Å². The van der Waals surface area contributed by atoms with Gasteiger partial charge in [-0.05, 0) is 11.8 Å². The summed E-state index contributed by atoms with van der Waals surface area (Å²) in [7, 11) is 4.50. The van der Waals surface area contributed by atoms with Gasteiger partial charge in [0.1, 0.15) is 0 Å². The van der Waals surface area contributed by atoms with E-state index in [2.05, 4.69) is 35.5 Å². The fourth-order valence-electron chi connectivity index (χ4n) is 0.667. The Bertz CT molecular complexity index is 40.7. The van der Waals surface area contributed by atoms with Gasteiger partial charge < -0.3 is 0 Å². The maximum atomic E-state index is 4.50. The lowest BCUT2D eigenvalue weighted by Gasteiger charge is -2.05. The first-order valence-electron chi connectivity index (χ1n) is 4.20. The van der Waals surface area contributed by atoms with Crippen LogP contribution in [0.5, 0.6) is 0 Å². The molecule has 0 fully saturated rings. The molecule has 0 aliphatic rings. The lowest BCUT2D eigenvalue weighted by atomic mass is 10.0. The molecule has 0 unspecified atom stereocenters. The number of rotatable bonds is 3. The Labute approximate surface area is 67.8 Å². The summed E-state index contributed by atoms with van der Waals surface area (Å²) in [5.74, 6) is 1.77. The fraction of sp³-hybridized carbons (Fsp3) is 1.00. The van der Waals surface area contributed by atoms with Crippen molar-refractivity contribution >= 4 is 7.85 Å². The SMILES string of the molecule is CC(C)CCC(C)C.[B]C. The molecular weight excluding hydrogens is 119 g/mol. The summed E-state index contributed by atoms with van der Waals surface area (Å²) in [4.78, 5) is 0. The lowest BCUT2D eigenvalue weighted by molar-refractivity contribution is 0.476. The molecule has 0 saturated heterocycles. The van der Waals surface area contributed by atoms with Crippen LogP contribution in [0.15, 0.2) is 0 Å². The van der Waals surface area contributed by atoms with E-state index >= 15 is 0 Å². The van der Waals surface area contributed by atoms with Gasteiger partial charge in [-0.25, -0.2) is 0 Å². The second-order valence-electron chi connectivity index (χ2n) is 3.37. The Hall–Kier alpha value is 0.0649. The summed E-state index contributed by atoms with van der Waals surface area (Å²) in [6.45, 7) is 10.6. The van der Waals surface area contributed by atoms with Gasteiger partial charge in [0.25, 0.3) is 0 Å². The van der Waals surface area contributed by atoms with Crippen molar-refractivity contribution < 1.29 is 0 Å². The molecule has 0 aliphatic heterocycles. The van der Waals surface area contributed by atoms with Gasteiger partial charge in [0.2, 0.25) is 0 Å². The van der Waals surface area contributed by atoms with Crippen LogP contribution in [0.3, 0.4) is 0 Å². The highest BCUT2D eigenvalue weighted by molar-refractivity contribution is 6.05. The van der Waals surface area contributed by atoms with E-state index in [1.165, 1.54) is 19.7 Å². The van der Waals surface area contributed by atoms with Crippen LogP contribution in [0.4, 0.5) is 0 Å². The molecule has 0 spiro atoms. The van der Waals surface area contributed by atoms with Gasteiger partial charge in [-0.15, -0.1) is 0 Å². The predicted octanol–water partition coefficient (Wildman–Crippen LogP) is 3.28. The third-order valence-corrected chi connectivity index (χ3v) is 1.32. The zero-order valence-corrected chi connectivity index (χ0v) is 8.15. The topological polar surface area (TPSA) is 0 Å². The molecule has 0 atom stereocenters. The first kappa shape index (κ1) is 12.7. The van der Waals surface area contributed by atoms with Gasteiger partial charge >= 0.3 is 0 Å². The predicted molar refractivity (Wildman–Crippen MR) is 50.5 cm³/mol. The van der Waals surface area contributed by atoms with E-state index in [1.54, 1.807) is 0 Å². The minimum atomic E-state index is 0.886. The van der Waals surface area contributed by atoms with Gasteiger partial charge in [-0.1, -0.05) is 47.4 Å². The first-order chi connectivity index (χ1) is 4.63. The van der Waals surface area contributed by atoms with Gasteiger partial charge in [0.05, 0.1) is 7.85 Å². The molecule has 60 valence electrons. The first-order valence-corrected chi connectivity index (χ1v) is 4.20. The summed E-state index contributed by atoms with van der Waals surface area (Å²) in [6, 6.07) is 0. The van der Waals surface area contributed by atoms with E-state index in [0.717, 1.165) is 11.8 Å². The molecule has 0 rings (SSSR count). The Morgan fingerprint density at radius 3 is 1.10 bits per heavy atom. The summed E-state index contributed by atoms with van der Waals surface area (Å²) >= 11 is 0. The largest absolute Gasteiger partial charge is 0.0999 e. The molecule has 10 heavy (non-hydrogen) atoms. The third kappa shape index (κ3) is 15.7. The van der Waals surface area contributed by atoms with Crippen molar-refractivity contribution in [2.24, 2.45) is 11.8 Å². The second-order valence-corrected chi connectivity index (χ2v) is 3.37. The highest BCUT2D eigenvalue weighted by atomic mass is 14.0. The van der Waals surface area contributed by atoms with Gasteiger partial charge in [0.15, 0.2) is 0 Å². The van der Waals surface area contributed by atoms with E-state index in [4.69, 9.17) is 0 Å². The number of hydrogen-bond acceptors (Lipinski definition) is 0. The van der Waals surface area contributed by atoms with Crippen LogP contribution in [0.2, 0.25) is 6.82 Å². The Kier molecular flexibility index (Phi) is 11.5. The van der Waals surface area contributed by atoms with Gasteiger partial charge in [-0.2, -0.15) is 0 Å². The zero-order chi connectivity index (χ0) is 8.57. The molecule has 0 amide bonds. The van der Waals surface area contributed by atoms with Crippen LogP contribution in [0, 0.1) is 11.8 Å². The summed E-state index contributed by atoms with van der Waals surface area (Å²) in [5, 5.41) is 0. The summed E-state index contributed by atoms with van der Waals surface area (Å²) in [5.41, 5.74) is 0. The highest BCUT2D eigenvalue weighted by Gasteiger charge is 1.95. The molecule has 1 heteroatoms. The summed E-state index contributed by atoms with van der Waals surface area (Å²) in [6.07, 6.45) is 2.77. The van der Waals surface area contributed by atoms with Crippen LogP contribution < -0.4 is 0 Å². The molecule has 0 nitrogen and oxygen atoms in total. The Morgan fingerprint density at radius 2 is 1.00 bits per heavy atom. The molecule has 2 radical (unpaired) electrons. The van der Waals surface area contributed by atoms with Crippen LogP contribution in [0.1, 0.15) is 40.5 Å². The normalized spacial score (nSPS) is 9.50. The van der Waals surface area contributed by atoms with E-state index < -0.39 is 0 Å². The average molecular weight is 140 g/mol. The molecule has 0 N–H and O–H groups in total. The standard InChI is InChI=1S/C8H18.CH3B/c1-7(2)5-6-8(3)4;1-2/h7-8H,5-6H2,1-4H3;1H3. The van der Waals surface area contributed by atoms with Crippen molar-refractivity contribution in [2.75, 3.05) is 0 Å². The third-order valence-electron chi connectivity index (χ3n) is 1.32. The van der Waals surface area contributed by atoms with E-state index in [0.29, 0.717) is 0 Å². The van der Waals surface area contributed by atoms with Crippen molar-refractivity contribution in [2.45, 2.75) is 47.4 Å². The highest BCUT2D eigenvalue weighted by Crippen LogP contribution is 2.09. The van der Waals surface area contributed by atoms with E-state index in [9.17, 15) is 0 Å². The molecule has 0 aromatic carbocycles. The van der Waals surface area contributed by atoms with E-state index in [1.807, 2.05) is 0 Å². The average Bonchev–Trinajstić information content (AvgIpc) is 1.89. The Morgan fingerprint density at radius 1 is 0.800 bits per heavy atom. The minimum Gasteiger partial charge on any atom is -0.0999 e. The zero-order valence-electron chi connectivity index (χ0n) is 8.15. The number of hydrogen-bond donors (Lipinski definition) is 0. The fourth-order valence-corrected chi connectivity index (χ4v) is 0.667. The molecule has 0 heterocycles. The van der Waals surface area contributed by atoms with Crippen LogP contribution in [-0.4, -0.2) is 7.85 Å². The van der Waals surface area contributed by atoms with Gasteiger partial charge in [0, 0.05) is 0 Å².